The molecule has 5 nitrogen and oxygen atoms in total. The number of nitrogens with zero attached hydrogens (tertiary/aromatic N) is 3. The molecule has 0 aliphatic carbocycles. The first-order valence-electron chi connectivity index (χ1n) is 7.59. The first kappa shape index (κ1) is 14.1. The van der Waals surface area contributed by atoms with Crippen LogP contribution in [0.5, 0.6) is 0 Å². The molecule has 0 fully saturated rings. The molecule has 21 heavy (non-hydrogen) atoms. The van der Waals surface area contributed by atoms with Gasteiger partial charge in [-0.05, 0) is 32.4 Å². The normalized spacial score (nSPS) is 15.7. The van der Waals surface area contributed by atoms with Crippen LogP contribution >= 0.6 is 0 Å². The smallest absolute Gasteiger partial charge is 0.311 e. The summed E-state index contributed by atoms with van der Waals surface area (Å²) < 4.78 is 3.44. The summed E-state index contributed by atoms with van der Waals surface area (Å²) in [4.78, 5) is 12.4. The first-order chi connectivity index (χ1) is 10.2. The molecule has 1 atom stereocenters. The summed E-state index contributed by atoms with van der Waals surface area (Å²) in [6, 6.07) is 8.51. The molecule has 2 heterocycles. The molecule has 0 saturated carbocycles. The van der Waals surface area contributed by atoms with Gasteiger partial charge in [0.25, 0.3) is 0 Å². The Balaban J connectivity index is 1.86. The number of aryl methyl sites for hydroxylation is 2. The molecular formula is C16H22N4O. The lowest BCUT2D eigenvalue weighted by atomic mass is 10.1. The predicted molar refractivity (Wildman–Crippen MR) is 82.4 cm³/mol. The number of fused-ring (bicyclic) bond motifs is 1. The summed E-state index contributed by atoms with van der Waals surface area (Å²) in [6.45, 7) is 3.45. The summed E-state index contributed by atoms with van der Waals surface area (Å²) in [6.07, 6.45) is 3.12. The highest BCUT2D eigenvalue weighted by molar-refractivity contribution is 5.24. The van der Waals surface area contributed by atoms with Crippen LogP contribution in [0.15, 0.2) is 29.1 Å². The number of benzene rings is 1. The SMILES string of the molecule is CNC(Cn1nc2n(c1=O)CCCC2)c1ccc(C)cc1. The zero-order valence-electron chi connectivity index (χ0n) is 12.7. The van der Waals surface area contributed by atoms with Crippen LogP contribution in [0.25, 0.3) is 0 Å². The van der Waals surface area contributed by atoms with Gasteiger partial charge in [0.05, 0.1) is 12.6 Å². The van der Waals surface area contributed by atoms with Gasteiger partial charge in [-0.25, -0.2) is 9.48 Å². The van der Waals surface area contributed by atoms with Crippen LogP contribution in [-0.4, -0.2) is 21.4 Å². The van der Waals surface area contributed by atoms with Crippen LogP contribution in [-0.2, 0) is 19.5 Å². The number of hydrogen-bond acceptors (Lipinski definition) is 3. The summed E-state index contributed by atoms with van der Waals surface area (Å²) in [7, 11) is 1.92. The molecule has 0 spiro atoms. The minimum atomic E-state index is 0.0251. The summed E-state index contributed by atoms with van der Waals surface area (Å²) >= 11 is 0. The van der Waals surface area contributed by atoms with Crippen LogP contribution in [0.1, 0.15) is 35.8 Å². The molecular weight excluding hydrogens is 264 g/mol. The van der Waals surface area contributed by atoms with Gasteiger partial charge in [0.1, 0.15) is 5.82 Å². The Labute approximate surface area is 124 Å². The van der Waals surface area contributed by atoms with Crippen molar-refractivity contribution in [1.29, 1.82) is 0 Å². The summed E-state index contributed by atoms with van der Waals surface area (Å²) in [5.41, 5.74) is 2.45. The Morgan fingerprint density at radius 1 is 1.29 bits per heavy atom. The Morgan fingerprint density at radius 2 is 2.05 bits per heavy atom. The maximum Gasteiger partial charge on any atom is 0.345 e. The predicted octanol–water partition coefficient (Wildman–Crippen LogP) is 1.65. The van der Waals surface area contributed by atoms with Crippen LogP contribution in [0.4, 0.5) is 0 Å². The quantitative estimate of drug-likeness (QED) is 0.930. The van der Waals surface area contributed by atoms with E-state index in [1.54, 1.807) is 4.68 Å². The first-order valence-corrected chi connectivity index (χ1v) is 7.59. The lowest BCUT2D eigenvalue weighted by Gasteiger charge is -2.16. The number of rotatable bonds is 4. The average Bonchev–Trinajstić information content (AvgIpc) is 2.83. The van der Waals surface area contributed by atoms with Crippen LogP contribution in [0.3, 0.4) is 0 Å². The van der Waals surface area contributed by atoms with Crippen molar-refractivity contribution < 1.29 is 0 Å². The van der Waals surface area contributed by atoms with E-state index in [1.165, 1.54) is 11.1 Å². The van der Waals surface area contributed by atoms with Gasteiger partial charge in [-0.15, -0.1) is 0 Å². The molecule has 1 aromatic heterocycles. The van der Waals surface area contributed by atoms with E-state index in [9.17, 15) is 4.79 Å². The van der Waals surface area contributed by atoms with E-state index in [-0.39, 0.29) is 11.7 Å². The fourth-order valence-electron chi connectivity index (χ4n) is 2.90. The Morgan fingerprint density at radius 3 is 2.71 bits per heavy atom. The van der Waals surface area contributed by atoms with Crippen molar-refractivity contribution in [3.8, 4) is 0 Å². The van der Waals surface area contributed by atoms with Crippen molar-refractivity contribution in [3.05, 3.63) is 51.7 Å². The minimum absolute atomic E-state index is 0.0251. The molecule has 0 bridgehead atoms. The second-order valence-electron chi connectivity index (χ2n) is 5.74. The fraction of sp³-hybridized carbons (Fsp3) is 0.500. The van der Waals surface area contributed by atoms with Gasteiger partial charge in [0, 0.05) is 13.0 Å². The van der Waals surface area contributed by atoms with E-state index in [0.717, 1.165) is 31.6 Å². The van der Waals surface area contributed by atoms with Crippen molar-refractivity contribution in [2.45, 2.75) is 45.3 Å². The van der Waals surface area contributed by atoms with Crippen LogP contribution in [0, 0.1) is 6.92 Å². The van der Waals surface area contributed by atoms with Gasteiger partial charge in [-0.2, -0.15) is 5.10 Å². The number of aromatic nitrogens is 3. The molecule has 1 N–H and O–H groups in total. The lowest BCUT2D eigenvalue weighted by Crippen LogP contribution is -2.31. The van der Waals surface area contributed by atoms with E-state index in [4.69, 9.17) is 0 Å². The van der Waals surface area contributed by atoms with Crippen LogP contribution in [0.2, 0.25) is 0 Å². The molecule has 1 unspecified atom stereocenters. The van der Waals surface area contributed by atoms with Crippen LogP contribution < -0.4 is 11.0 Å². The highest BCUT2D eigenvalue weighted by atomic mass is 16.2. The molecule has 1 aliphatic rings. The number of nitrogens with one attached hydrogen (secondary N) is 1. The number of likely N-dealkylation sites (N-methyl/N-ethyl adjacent to an activating group) is 1. The van der Waals surface area contributed by atoms with E-state index >= 15 is 0 Å². The topological polar surface area (TPSA) is 51.9 Å². The average molecular weight is 286 g/mol. The Hall–Kier alpha value is -1.88. The summed E-state index contributed by atoms with van der Waals surface area (Å²) in [5.74, 6) is 0.935. The highest BCUT2D eigenvalue weighted by Crippen LogP contribution is 2.16. The number of hydrogen-bond donors (Lipinski definition) is 1. The molecule has 1 aliphatic heterocycles. The molecule has 0 amide bonds. The fourth-order valence-corrected chi connectivity index (χ4v) is 2.90. The second kappa shape index (κ2) is 5.85. The zero-order chi connectivity index (χ0) is 14.8. The van der Waals surface area contributed by atoms with Crippen molar-refractivity contribution >= 4 is 0 Å². The van der Waals surface area contributed by atoms with Crippen molar-refractivity contribution in [1.82, 2.24) is 19.7 Å². The van der Waals surface area contributed by atoms with Crippen molar-refractivity contribution in [2.75, 3.05) is 7.05 Å². The molecule has 112 valence electrons. The van der Waals surface area contributed by atoms with Gasteiger partial charge in [0.15, 0.2) is 0 Å². The third-order valence-corrected chi connectivity index (χ3v) is 4.22. The monoisotopic (exact) mass is 286 g/mol. The van der Waals surface area contributed by atoms with Gasteiger partial charge in [-0.1, -0.05) is 29.8 Å². The molecule has 5 heteroatoms. The second-order valence-corrected chi connectivity index (χ2v) is 5.74. The maximum absolute atomic E-state index is 12.4. The van der Waals surface area contributed by atoms with Crippen molar-refractivity contribution in [2.24, 2.45) is 0 Å². The maximum atomic E-state index is 12.4. The van der Waals surface area contributed by atoms with Gasteiger partial charge in [0.2, 0.25) is 0 Å². The Kier molecular flexibility index (Phi) is 3.92. The third-order valence-electron chi connectivity index (χ3n) is 4.22. The third kappa shape index (κ3) is 2.78. The standard InChI is InChI=1S/C16H22N4O/c1-12-6-8-13(9-7-12)14(17-2)11-20-16(21)19-10-4-3-5-15(19)18-20/h6-9,14,17H,3-5,10-11H2,1-2H3. The van der Waals surface area contributed by atoms with Gasteiger partial charge < -0.3 is 5.32 Å². The molecule has 2 aromatic rings. The Bertz CT molecular complexity index is 669. The molecule has 0 radical (unpaired) electrons. The van der Waals surface area contributed by atoms with E-state index in [0.29, 0.717) is 6.54 Å². The van der Waals surface area contributed by atoms with Gasteiger partial charge >= 0.3 is 5.69 Å². The lowest BCUT2D eigenvalue weighted by molar-refractivity contribution is 0.453. The van der Waals surface area contributed by atoms with E-state index in [1.807, 2.05) is 11.6 Å². The van der Waals surface area contributed by atoms with E-state index < -0.39 is 0 Å². The molecule has 3 rings (SSSR count). The minimum Gasteiger partial charge on any atom is -0.311 e. The van der Waals surface area contributed by atoms with Gasteiger partial charge in [-0.3, -0.25) is 4.57 Å². The molecule has 0 saturated heterocycles. The highest BCUT2D eigenvalue weighted by Gasteiger charge is 2.19. The summed E-state index contributed by atoms with van der Waals surface area (Å²) in [5, 5.41) is 7.79. The van der Waals surface area contributed by atoms with E-state index in [2.05, 4.69) is 41.6 Å². The largest absolute Gasteiger partial charge is 0.345 e. The zero-order valence-corrected chi connectivity index (χ0v) is 12.7. The molecule has 1 aromatic carbocycles. The van der Waals surface area contributed by atoms with Crippen molar-refractivity contribution in [3.63, 3.8) is 0 Å².